The summed E-state index contributed by atoms with van der Waals surface area (Å²) >= 11 is 1.59. The van der Waals surface area contributed by atoms with Crippen molar-refractivity contribution >= 4 is 23.7 Å². The van der Waals surface area contributed by atoms with Crippen LogP contribution in [-0.2, 0) is 17.1 Å². The zero-order valence-electron chi connectivity index (χ0n) is 12.8. The van der Waals surface area contributed by atoms with Gasteiger partial charge in [0.05, 0.1) is 6.54 Å². The van der Waals surface area contributed by atoms with Gasteiger partial charge in [-0.05, 0) is 49.3 Å². The van der Waals surface area contributed by atoms with E-state index in [0.29, 0.717) is 12.3 Å². The summed E-state index contributed by atoms with van der Waals surface area (Å²) in [6.45, 7) is 2.70. The Bertz CT molecular complexity index is 637. The van der Waals surface area contributed by atoms with Gasteiger partial charge >= 0.3 is 6.03 Å². The summed E-state index contributed by atoms with van der Waals surface area (Å²) in [7, 11) is 0. The molecule has 2 fully saturated rings. The topological polar surface area (TPSA) is 40.6 Å². The van der Waals surface area contributed by atoms with Crippen LogP contribution in [-0.4, -0.2) is 40.1 Å². The third-order valence-corrected chi connectivity index (χ3v) is 5.21. The van der Waals surface area contributed by atoms with Crippen molar-refractivity contribution < 1.29 is 14.0 Å². The van der Waals surface area contributed by atoms with E-state index in [1.54, 1.807) is 22.7 Å². The van der Waals surface area contributed by atoms with E-state index in [-0.39, 0.29) is 24.3 Å². The number of hydrogen-bond donors (Lipinski definition) is 0. The largest absolute Gasteiger partial charge is 0.327 e. The van der Waals surface area contributed by atoms with Crippen LogP contribution in [0.25, 0.3) is 0 Å². The molecule has 0 spiro atoms. The highest BCUT2D eigenvalue weighted by Gasteiger charge is 2.56. The molecule has 4 nitrogen and oxygen atoms in total. The van der Waals surface area contributed by atoms with Crippen molar-refractivity contribution in [3.8, 4) is 0 Å². The Balaban J connectivity index is 1.88. The van der Waals surface area contributed by atoms with Crippen LogP contribution in [0, 0.1) is 5.82 Å². The van der Waals surface area contributed by atoms with Crippen LogP contribution in [0.2, 0.25) is 0 Å². The molecule has 2 saturated heterocycles. The maximum Gasteiger partial charge on any atom is 0.327 e. The molecule has 0 N–H and O–H groups in total. The number of fused-ring (bicyclic) bond motifs is 1. The second-order valence-electron chi connectivity index (χ2n) is 6.05. The maximum atomic E-state index is 13.4. The minimum Gasteiger partial charge on any atom is -0.310 e. The third kappa shape index (κ3) is 2.29. The fourth-order valence-electron chi connectivity index (χ4n) is 3.36. The molecule has 118 valence electrons. The minimum absolute atomic E-state index is 0.130. The molecule has 3 rings (SSSR count). The van der Waals surface area contributed by atoms with E-state index >= 15 is 0 Å². The molecule has 2 aliphatic rings. The Morgan fingerprint density at radius 1 is 1.32 bits per heavy atom. The number of halogens is 1. The van der Waals surface area contributed by atoms with E-state index in [9.17, 15) is 14.0 Å². The highest BCUT2D eigenvalue weighted by atomic mass is 32.2. The Hall–Kier alpha value is -1.56. The molecular weight excluding hydrogens is 303 g/mol. The molecule has 0 aliphatic carbocycles. The number of carbonyl (C=O) groups excluding carboxylic acids is 2. The molecule has 0 bridgehead atoms. The second kappa shape index (κ2) is 5.57. The molecule has 0 radical (unpaired) electrons. The van der Waals surface area contributed by atoms with E-state index in [1.165, 1.54) is 17.0 Å². The summed E-state index contributed by atoms with van der Waals surface area (Å²) in [5, 5.41) is 0. The quantitative estimate of drug-likeness (QED) is 0.800. The Labute approximate surface area is 133 Å². The van der Waals surface area contributed by atoms with Crippen LogP contribution in [0.3, 0.4) is 0 Å². The zero-order chi connectivity index (χ0) is 15.9. The lowest BCUT2D eigenvalue weighted by molar-refractivity contribution is -0.132. The number of urea groups is 1. The first-order valence-electron chi connectivity index (χ1n) is 7.37. The lowest BCUT2D eigenvalue weighted by Gasteiger charge is -2.22. The van der Waals surface area contributed by atoms with Gasteiger partial charge in [-0.25, -0.2) is 9.18 Å². The summed E-state index contributed by atoms with van der Waals surface area (Å²) in [4.78, 5) is 28.1. The van der Waals surface area contributed by atoms with Crippen molar-refractivity contribution in [1.82, 2.24) is 9.80 Å². The van der Waals surface area contributed by atoms with Crippen LogP contribution in [0.15, 0.2) is 18.2 Å². The smallest absolute Gasteiger partial charge is 0.310 e. The second-order valence-corrected chi connectivity index (χ2v) is 6.91. The molecule has 0 saturated carbocycles. The number of rotatable bonds is 4. The van der Waals surface area contributed by atoms with Crippen LogP contribution >= 0.6 is 11.8 Å². The van der Waals surface area contributed by atoms with E-state index < -0.39 is 5.54 Å². The van der Waals surface area contributed by atoms with Gasteiger partial charge < -0.3 is 4.90 Å². The fraction of sp³-hybridized carbons (Fsp3) is 0.500. The van der Waals surface area contributed by atoms with Crippen LogP contribution in [0.1, 0.15) is 30.9 Å². The van der Waals surface area contributed by atoms with Crippen molar-refractivity contribution in [2.45, 2.75) is 37.6 Å². The normalized spacial score (nSPS) is 24.3. The molecule has 1 atom stereocenters. The monoisotopic (exact) mass is 322 g/mol. The Morgan fingerprint density at radius 3 is 2.77 bits per heavy atom. The number of thioether (sulfide) groups is 1. The van der Waals surface area contributed by atoms with E-state index in [0.717, 1.165) is 24.0 Å². The first kappa shape index (κ1) is 15.3. The molecule has 0 aromatic heterocycles. The predicted octanol–water partition coefficient (Wildman–Crippen LogP) is 3.01. The molecule has 2 heterocycles. The number of imide groups is 1. The summed E-state index contributed by atoms with van der Waals surface area (Å²) in [5.74, 6) is 0.235. The van der Waals surface area contributed by atoms with Gasteiger partial charge in [-0.3, -0.25) is 9.69 Å². The average molecular weight is 322 g/mol. The summed E-state index contributed by atoms with van der Waals surface area (Å²) < 4.78 is 13.4. The lowest BCUT2D eigenvalue weighted by Crippen LogP contribution is -2.41. The molecule has 1 aromatic carbocycles. The molecular formula is C16H19FN2O2S. The lowest BCUT2D eigenvalue weighted by atomic mass is 9.99. The highest BCUT2D eigenvalue weighted by molar-refractivity contribution is 7.97. The van der Waals surface area contributed by atoms with Gasteiger partial charge in [-0.2, -0.15) is 11.8 Å². The van der Waals surface area contributed by atoms with Crippen molar-refractivity contribution in [3.63, 3.8) is 0 Å². The number of amides is 3. The van der Waals surface area contributed by atoms with Crippen LogP contribution in [0.4, 0.5) is 9.18 Å². The molecule has 0 unspecified atom stereocenters. The van der Waals surface area contributed by atoms with E-state index in [2.05, 4.69) is 0 Å². The van der Waals surface area contributed by atoms with Crippen molar-refractivity contribution in [2.75, 3.05) is 12.8 Å². The third-order valence-electron chi connectivity index (χ3n) is 4.61. The van der Waals surface area contributed by atoms with Gasteiger partial charge in [0.15, 0.2) is 0 Å². The highest BCUT2D eigenvalue weighted by Crippen LogP contribution is 2.38. The number of hydrogen-bond acceptors (Lipinski definition) is 3. The number of nitrogens with zero attached hydrogens (tertiary/aromatic N) is 2. The molecule has 22 heavy (non-hydrogen) atoms. The SMILES string of the molecule is CSCc1cc(F)ccc1CN1C(=O)N2CCC[C@]2(C)C1=O. The number of benzene rings is 1. The van der Waals surface area contributed by atoms with E-state index in [4.69, 9.17) is 0 Å². The van der Waals surface area contributed by atoms with Crippen molar-refractivity contribution in [1.29, 1.82) is 0 Å². The van der Waals surface area contributed by atoms with Crippen molar-refractivity contribution in [2.24, 2.45) is 0 Å². The van der Waals surface area contributed by atoms with Gasteiger partial charge in [0, 0.05) is 12.3 Å². The zero-order valence-corrected chi connectivity index (χ0v) is 13.6. The van der Waals surface area contributed by atoms with Gasteiger partial charge in [0.25, 0.3) is 5.91 Å². The first-order valence-corrected chi connectivity index (χ1v) is 8.76. The van der Waals surface area contributed by atoms with Crippen LogP contribution < -0.4 is 0 Å². The summed E-state index contributed by atoms with van der Waals surface area (Å²) in [5.41, 5.74) is 0.990. The maximum absolute atomic E-state index is 13.4. The van der Waals surface area contributed by atoms with Gasteiger partial charge in [0.2, 0.25) is 0 Å². The summed E-state index contributed by atoms with van der Waals surface area (Å²) in [6, 6.07) is 4.32. The van der Waals surface area contributed by atoms with Gasteiger partial charge in [0.1, 0.15) is 11.4 Å². The average Bonchev–Trinajstić information content (AvgIpc) is 2.95. The molecule has 6 heteroatoms. The van der Waals surface area contributed by atoms with Crippen LogP contribution in [0.5, 0.6) is 0 Å². The summed E-state index contributed by atoms with van der Waals surface area (Å²) in [6.07, 6.45) is 3.53. The Kier molecular flexibility index (Phi) is 3.89. The fourth-order valence-corrected chi connectivity index (χ4v) is 3.94. The Morgan fingerprint density at radius 2 is 2.09 bits per heavy atom. The molecule has 3 amide bonds. The van der Waals surface area contributed by atoms with Gasteiger partial charge in [-0.15, -0.1) is 0 Å². The standard InChI is InChI=1S/C16H19FN2O2S/c1-16-6-3-7-19(16)15(21)18(14(16)20)9-11-4-5-13(17)8-12(11)10-22-2/h4-5,8H,3,6-7,9-10H2,1-2H3/t16-/m1/s1. The van der Waals surface area contributed by atoms with E-state index in [1.807, 2.05) is 13.2 Å². The van der Waals surface area contributed by atoms with Crippen molar-refractivity contribution in [3.05, 3.63) is 35.1 Å². The minimum atomic E-state index is -0.684. The first-order chi connectivity index (χ1) is 10.5. The number of carbonyl (C=O) groups is 2. The molecule has 2 aliphatic heterocycles. The van der Waals surface area contributed by atoms with Gasteiger partial charge in [-0.1, -0.05) is 6.07 Å². The predicted molar refractivity (Wildman–Crippen MR) is 83.9 cm³/mol. The molecule has 1 aromatic rings.